The Balaban J connectivity index is 3.11. The number of aliphatic carboxylic acids is 1. The second-order valence-corrected chi connectivity index (χ2v) is 2.82. The topological polar surface area (TPSA) is 37.3 Å². The molecule has 2 nitrogen and oxygen atoms in total. The molecule has 0 aromatic heterocycles. The molecule has 0 bridgehead atoms. The second-order valence-electron chi connectivity index (χ2n) is 2.41. The number of hydrogen-bond donors (Lipinski definition) is 1. The van der Waals surface area contributed by atoms with Crippen LogP contribution in [0.25, 0.3) is 5.57 Å². The maximum atomic E-state index is 12.8. The van der Waals surface area contributed by atoms with Gasteiger partial charge in [-0.15, -0.1) is 0 Å². The highest BCUT2D eigenvalue weighted by atomic mass is 35.5. The van der Waals surface area contributed by atoms with E-state index in [4.69, 9.17) is 16.7 Å². The minimum Gasteiger partial charge on any atom is -0.478 e. The van der Waals surface area contributed by atoms with Crippen LogP contribution in [0.3, 0.4) is 0 Å². The van der Waals surface area contributed by atoms with Crippen LogP contribution >= 0.6 is 11.6 Å². The van der Waals surface area contributed by atoms with Gasteiger partial charge in [0, 0.05) is 0 Å². The lowest BCUT2D eigenvalue weighted by molar-refractivity contribution is -0.130. The summed E-state index contributed by atoms with van der Waals surface area (Å²) in [6.45, 7) is 3.29. The third-order valence-electron chi connectivity index (χ3n) is 1.53. The highest BCUT2D eigenvalue weighted by molar-refractivity contribution is 6.30. The van der Waals surface area contributed by atoms with Gasteiger partial charge in [-0.1, -0.05) is 24.2 Å². The number of benzene rings is 1. The van der Waals surface area contributed by atoms with Crippen LogP contribution in [0.2, 0.25) is 5.02 Å². The lowest BCUT2D eigenvalue weighted by Gasteiger charge is -2.00. The van der Waals surface area contributed by atoms with Gasteiger partial charge in [0.25, 0.3) is 0 Å². The van der Waals surface area contributed by atoms with Crippen molar-refractivity contribution in [3.63, 3.8) is 0 Å². The first-order valence-electron chi connectivity index (χ1n) is 3.40. The molecule has 0 aliphatic rings. The summed E-state index contributed by atoms with van der Waals surface area (Å²) in [6.07, 6.45) is 0. The van der Waals surface area contributed by atoms with E-state index in [2.05, 4.69) is 6.58 Å². The van der Waals surface area contributed by atoms with Crippen LogP contribution < -0.4 is 0 Å². The van der Waals surface area contributed by atoms with E-state index in [0.29, 0.717) is 0 Å². The molecule has 1 N–H and O–H groups in total. The first kappa shape index (κ1) is 9.74. The van der Waals surface area contributed by atoms with Crippen LogP contribution in [0.1, 0.15) is 5.56 Å². The maximum absolute atomic E-state index is 12.8. The van der Waals surface area contributed by atoms with Crippen molar-refractivity contribution in [3.05, 3.63) is 41.2 Å². The van der Waals surface area contributed by atoms with Gasteiger partial charge < -0.3 is 5.11 Å². The standard InChI is InChI=1S/C9H6ClFO2/c1-5(9(12)13)6-2-3-7(10)8(11)4-6/h2-4H,1H2,(H,12,13). The quantitative estimate of drug-likeness (QED) is 0.745. The molecule has 0 saturated carbocycles. The SMILES string of the molecule is C=C(C(=O)O)c1ccc(Cl)c(F)c1. The molecule has 4 heteroatoms. The molecule has 68 valence electrons. The molecular weight excluding hydrogens is 195 g/mol. The van der Waals surface area contributed by atoms with Crippen LogP contribution in [0.15, 0.2) is 24.8 Å². The Morgan fingerprint density at radius 1 is 1.54 bits per heavy atom. The number of carbonyl (C=O) groups is 1. The minimum absolute atomic E-state index is 0.0399. The zero-order valence-electron chi connectivity index (χ0n) is 6.55. The fraction of sp³-hybridized carbons (Fsp3) is 0. The summed E-state index contributed by atoms with van der Waals surface area (Å²) >= 11 is 5.41. The van der Waals surface area contributed by atoms with Crippen LogP contribution in [0.5, 0.6) is 0 Å². The molecule has 0 fully saturated rings. The van der Waals surface area contributed by atoms with Crippen molar-refractivity contribution in [3.8, 4) is 0 Å². The molecule has 0 saturated heterocycles. The van der Waals surface area contributed by atoms with Crippen LogP contribution in [-0.4, -0.2) is 11.1 Å². The molecular formula is C9H6ClFO2. The predicted molar refractivity (Wildman–Crippen MR) is 48.1 cm³/mol. The summed E-state index contributed by atoms with van der Waals surface area (Å²) in [7, 11) is 0. The van der Waals surface area contributed by atoms with Gasteiger partial charge in [0.05, 0.1) is 10.6 Å². The van der Waals surface area contributed by atoms with E-state index in [1.54, 1.807) is 0 Å². The number of halogens is 2. The Hall–Kier alpha value is -1.35. The predicted octanol–water partition coefficient (Wildman–Crippen LogP) is 2.58. The molecule has 1 rings (SSSR count). The largest absolute Gasteiger partial charge is 0.478 e. The molecule has 13 heavy (non-hydrogen) atoms. The van der Waals surface area contributed by atoms with Gasteiger partial charge in [-0.25, -0.2) is 9.18 Å². The Labute approximate surface area is 79.3 Å². The third kappa shape index (κ3) is 2.06. The van der Waals surface area contributed by atoms with Crippen LogP contribution in [-0.2, 0) is 4.79 Å². The lowest BCUT2D eigenvalue weighted by Crippen LogP contribution is -1.98. The minimum atomic E-state index is -1.18. The Kier molecular flexibility index (Phi) is 2.68. The van der Waals surface area contributed by atoms with Gasteiger partial charge >= 0.3 is 5.97 Å². The van der Waals surface area contributed by atoms with Crippen molar-refractivity contribution in [2.45, 2.75) is 0 Å². The fourth-order valence-corrected chi connectivity index (χ4v) is 0.925. The second kappa shape index (κ2) is 3.58. The molecule has 0 aliphatic carbocycles. The molecule has 1 aromatic carbocycles. The van der Waals surface area contributed by atoms with E-state index < -0.39 is 11.8 Å². The van der Waals surface area contributed by atoms with Gasteiger partial charge in [0.1, 0.15) is 5.82 Å². The molecule has 0 radical (unpaired) electrons. The van der Waals surface area contributed by atoms with Crippen molar-refractivity contribution in [1.29, 1.82) is 0 Å². The number of carboxylic acids is 1. The molecule has 0 atom stereocenters. The van der Waals surface area contributed by atoms with Crippen molar-refractivity contribution >= 4 is 23.1 Å². The zero-order valence-corrected chi connectivity index (χ0v) is 7.31. The van der Waals surface area contributed by atoms with Crippen molar-refractivity contribution in [2.75, 3.05) is 0 Å². The smallest absolute Gasteiger partial charge is 0.335 e. The summed E-state index contributed by atoms with van der Waals surface area (Å²) in [5.74, 6) is -1.83. The summed E-state index contributed by atoms with van der Waals surface area (Å²) in [5.41, 5.74) is 0.0602. The Morgan fingerprint density at radius 3 is 2.62 bits per heavy atom. The Bertz CT molecular complexity index is 374. The third-order valence-corrected chi connectivity index (χ3v) is 1.83. The number of carboxylic acid groups (broad SMARTS) is 1. The van der Waals surface area contributed by atoms with E-state index in [1.165, 1.54) is 12.1 Å². The van der Waals surface area contributed by atoms with Gasteiger partial charge in [-0.2, -0.15) is 0 Å². The van der Waals surface area contributed by atoms with E-state index in [0.717, 1.165) is 6.07 Å². The number of hydrogen-bond acceptors (Lipinski definition) is 1. The van der Waals surface area contributed by atoms with Crippen molar-refractivity contribution in [2.24, 2.45) is 0 Å². The average Bonchev–Trinajstić information content (AvgIpc) is 2.08. The zero-order chi connectivity index (χ0) is 10.0. The van der Waals surface area contributed by atoms with Gasteiger partial charge in [-0.05, 0) is 17.7 Å². The van der Waals surface area contributed by atoms with Crippen LogP contribution in [0, 0.1) is 5.82 Å². The summed E-state index contributed by atoms with van der Waals surface area (Å²) < 4.78 is 12.8. The number of rotatable bonds is 2. The summed E-state index contributed by atoms with van der Waals surface area (Å²) in [5, 5.41) is 8.50. The summed E-state index contributed by atoms with van der Waals surface area (Å²) in [6, 6.07) is 3.74. The maximum Gasteiger partial charge on any atom is 0.335 e. The Morgan fingerprint density at radius 2 is 2.15 bits per heavy atom. The van der Waals surface area contributed by atoms with Crippen LogP contribution in [0.4, 0.5) is 4.39 Å². The normalized spacial score (nSPS) is 9.69. The molecule has 0 amide bonds. The van der Waals surface area contributed by atoms with Gasteiger partial charge in [0.2, 0.25) is 0 Å². The lowest BCUT2D eigenvalue weighted by atomic mass is 10.1. The van der Waals surface area contributed by atoms with E-state index in [1.807, 2.05) is 0 Å². The van der Waals surface area contributed by atoms with Gasteiger partial charge in [0.15, 0.2) is 0 Å². The van der Waals surface area contributed by atoms with Crippen molar-refractivity contribution < 1.29 is 14.3 Å². The van der Waals surface area contributed by atoms with E-state index in [-0.39, 0.29) is 16.2 Å². The molecule has 0 spiro atoms. The average molecular weight is 201 g/mol. The molecule has 0 aliphatic heterocycles. The molecule has 0 heterocycles. The van der Waals surface area contributed by atoms with E-state index in [9.17, 15) is 9.18 Å². The monoisotopic (exact) mass is 200 g/mol. The highest BCUT2D eigenvalue weighted by Crippen LogP contribution is 2.19. The summed E-state index contributed by atoms with van der Waals surface area (Å²) in [4.78, 5) is 10.4. The van der Waals surface area contributed by atoms with Gasteiger partial charge in [-0.3, -0.25) is 0 Å². The first-order chi connectivity index (χ1) is 6.02. The fourth-order valence-electron chi connectivity index (χ4n) is 0.807. The van der Waals surface area contributed by atoms with E-state index >= 15 is 0 Å². The highest BCUT2D eigenvalue weighted by Gasteiger charge is 2.09. The van der Waals surface area contributed by atoms with Crippen molar-refractivity contribution in [1.82, 2.24) is 0 Å². The molecule has 0 unspecified atom stereocenters. The first-order valence-corrected chi connectivity index (χ1v) is 3.78. The molecule has 1 aromatic rings.